The Kier molecular flexibility index (Phi) is 2.69. The lowest BCUT2D eigenvalue weighted by molar-refractivity contribution is 0.744. The molecular formula is C7H13ClN4. The third-order valence-corrected chi connectivity index (χ3v) is 1.89. The molecule has 3 N–H and O–H groups in total. The fourth-order valence-electron chi connectivity index (χ4n) is 1.03. The summed E-state index contributed by atoms with van der Waals surface area (Å²) in [6, 6.07) is -0.0567. The second kappa shape index (κ2) is 3.41. The van der Waals surface area contributed by atoms with Crippen LogP contribution in [-0.2, 0) is 0 Å². The van der Waals surface area contributed by atoms with Crippen LogP contribution in [0.25, 0.3) is 0 Å². The zero-order chi connectivity index (χ0) is 7.84. The van der Waals surface area contributed by atoms with Gasteiger partial charge in [0.15, 0.2) is 5.82 Å². The van der Waals surface area contributed by atoms with Gasteiger partial charge in [-0.15, -0.1) is 12.4 Å². The maximum Gasteiger partial charge on any atom is 0.167 e. The van der Waals surface area contributed by atoms with Gasteiger partial charge in [-0.3, -0.25) is 5.10 Å². The Labute approximate surface area is 77.4 Å². The quantitative estimate of drug-likeness (QED) is 0.731. The van der Waals surface area contributed by atoms with E-state index in [1.807, 2.05) is 6.92 Å². The Hall–Kier alpha value is -0.610. The van der Waals surface area contributed by atoms with Gasteiger partial charge in [-0.05, 0) is 19.8 Å². The molecule has 0 spiro atoms. The normalized spacial score (nSPS) is 18.5. The zero-order valence-electron chi connectivity index (χ0n) is 6.95. The lowest BCUT2D eigenvalue weighted by atomic mass is 10.3. The number of nitrogens with two attached hydrogens (primary N) is 1. The van der Waals surface area contributed by atoms with Crippen LogP contribution >= 0.6 is 12.4 Å². The average Bonchev–Trinajstić information content (AvgIpc) is 2.68. The van der Waals surface area contributed by atoms with Crippen LogP contribution in [0, 0.1) is 0 Å². The minimum absolute atomic E-state index is 0. The summed E-state index contributed by atoms with van der Waals surface area (Å²) in [7, 11) is 0. The molecule has 1 unspecified atom stereocenters. The zero-order valence-corrected chi connectivity index (χ0v) is 7.77. The molecule has 1 atom stereocenters. The molecule has 1 fully saturated rings. The summed E-state index contributed by atoms with van der Waals surface area (Å²) in [5.74, 6) is 2.37. The third kappa shape index (κ3) is 1.76. The fraction of sp³-hybridized carbons (Fsp3) is 0.714. The maximum absolute atomic E-state index is 5.60. The van der Waals surface area contributed by atoms with E-state index in [0.29, 0.717) is 5.92 Å². The number of nitrogens with zero attached hydrogens (tertiary/aromatic N) is 2. The van der Waals surface area contributed by atoms with Crippen molar-refractivity contribution in [1.82, 2.24) is 15.2 Å². The second-order valence-electron chi connectivity index (χ2n) is 3.14. The number of aromatic amines is 1. The van der Waals surface area contributed by atoms with Gasteiger partial charge in [0, 0.05) is 5.92 Å². The van der Waals surface area contributed by atoms with Crippen LogP contribution in [0.3, 0.4) is 0 Å². The highest BCUT2D eigenvalue weighted by molar-refractivity contribution is 5.85. The maximum atomic E-state index is 5.60. The Morgan fingerprint density at radius 2 is 2.25 bits per heavy atom. The van der Waals surface area contributed by atoms with Gasteiger partial charge < -0.3 is 5.73 Å². The lowest BCUT2D eigenvalue weighted by Gasteiger charge is -1.94. The summed E-state index contributed by atoms with van der Waals surface area (Å²) in [5, 5.41) is 6.92. The molecule has 68 valence electrons. The van der Waals surface area contributed by atoms with Crippen LogP contribution in [-0.4, -0.2) is 15.2 Å². The van der Waals surface area contributed by atoms with Crippen LogP contribution in [0.1, 0.15) is 43.4 Å². The smallest absolute Gasteiger partial charge is 0.167 e. The molecule has 0 aliphatic heterocycles. The van der Waals surface area contributed by atoms with Gasteiger partial charge >= 0.3 is 0 Å². The molecule has 2 rings (SSSR count). The summed E-state index contributed by atoms with van der Waals surface area (Å²) >= 11 is 0. The molecule has 0 saturated heterocycles. The van der Waals surface area contributed by atoms with Crippen LogP contribution in [0.15, 0.2) is 0 Å². The predicted molar refractivity (Wildman–Crippen MR) is 48.2 cm³/mol. The van der Waals surface area contributed by atoms with Gasteiger partial charge in [0.2, 0.25) is 0 Å². The molecule has 1 heterocycles. The van der Waals surface area contributed by atoms with Crippen molar-refractivity contribution < 1.29 is 0 Å². The number of halogens is 1. The number of hydrogen-bond acceptors (Lipinski definition) is 3. The molecule has 1 aliphatic carbocycles. The summed E-state index contributed by atoms with van der Waals surface area (Å²) in [4.78, 5) is 4.28. The van der Waals surface area contributed by atoms with Crippen LogP contribution < -0.4 is 5.73 Å². The molecule has 5 heteroatoms. The number of rotatable bonds is 2. The van der Waals surface area contributed by atoms with Crippen molar-refractivity contribution in [3.05, 3.63) is 11.6 Å². The topological polar surface area (TPSA) is 67.6 Å². The molecule has 0 amide bonds. The van der Waals surface area contributed by atoms with E-state index in [9.17, 15) is 0 Å². The Morgan fingerprint density at radius 3 is 2.67 bits per heavy atom. The molecule has 12 heavy (non-hydrogen) atoms. The molecule has 1 saturated carbocycles. The van der Waals surface area contributed by atoms with Gasteiger partial charge in [0.05, 0.1) is 6.04 Å². The van der Waals surface area contributed by atoms with Gasteiger partial charge in [-0.25, -0.2) is 4.98 Å². The molecule has 4 nitrogen and oxygen atoms in total. The van der Waals surface area contributed by atoms with E-state index < -0.39 is 0 Å². The molecule has 1 aromatic rings. The van der Waals surface area contributed by atoms with Crippen LogP contribution in [0.5, 0.6) is 0 Å². The van der Waals surface area contributed by atoms with E-state index in [2.05, 4.69) is 15.2 Å². The highest BCUT2D eigenvalue weighted by Gasteiger charge is 2.27. The second-order valence-corrected chi connectivity index (χ2v) is 3.14. The monoisotopic (exact) mass is 188 g/mol. The van der Waals surface area contributed by atoms with Crippen LogP contribution in [0.4, 0.5) is 0 Å². The van der Waals surface area contributed by atoms with Crippen LogP contribution in [0.2, 0.25) is 0 Å². The molecular weight excluding hydrogens is 176 g/mol. The molecule has 0 aromatic carbocycles. The predicted octanol–water partition coefficient (Wildman–Crippen LogP) is 1.12. The Balaban J connectivity index is 0.000000720. The van der Waals surface area contributed by atoms with E-state index in [1.54, 1.807) is 0 Å². The first kappa shape index (κ1) is 9.48. The first-order valence-corrected chi connectivity index (χ1v) is 3.95. The highest BCUT2D eigenvalue weighted by atomic mass is 35.5. The van der Waals surface area contributed by atoms with Crippen molar-refractivity contribution in [3.63, 3.8) is 0 Å². The summed E-state index contributed by atoms with van der Waals surface area (Å²) in [6.45, 7) is 1.89. The van der Waals surface area contributed by atoms with E-state index in [-0.39, 0.29) is 18.4 Å². The fourth-order valence-corrected chi connectivity index (χ4v) is 1.03. The average molecular weight is 189 g/mol. The number of H-pyrrole nitrogens is 1. The molecule has 1 aliphatic rings. The minimum atomic E-state index is -0.0567. The lowest BCUT2D eigenvalue weighted by Crippen LogP contribution is -2.06. The standard InChI is InChI=1S/C7H12N4.ClH/c1-4(8)6-9-7(11-10-6)5-2-3-5;/h4-5H,2-3,8H2,1H3,(H,9,10,11);1H. The minimum Gasteiger partial charge on any atom is -0.321 e. The van der Waals surface area contributed by atoms with Crippen molar-refractivity contribution in [3.8, 4) is 0 Å². The van der Waals surface area contributed by atoms with Crippen molar-refractivity contribution in [2.24, 2.45) is 5.73 Å². The van der Waals surface area contributed by atoms with Crippen molar-refractivity contribution >= 4 is 12.4 Å². The van der Waals surface area contributed by atoms with Crippen molar-refractivity contribution in [2.45, 2.75) is 31.7 Å². The first-order chi connectivity index (χ1) is 5.27. The SMILES string of the molecule is CC(N)c1n[nH]c(C2CC2)n1.Cl. The van der Waals surface area contributed by atoms with Gasteiger partial charge in [0.25, 0.3) is 0 Å². The van der Waals surface area contributed by atoms with E-state index in [1.165, 1.54) is 12.8 Å². The third-order valence-electron chi connectivity index (χ3n) is 1.89. The highest BCUT2D eigenvalue weighted by Crippen LogP contribution is 2.37. The van der Waals surface area contributed by atoms with Gasteiger partial charge in [-0.2, -0.15) is 5.10 Å². The number of aromatic nitrogens is 3. The van der Waals surface area contributed by atoms with Gasteiger partial charge in [0.1, 0.15) is 5.82 Å². The summed E-state index contributed by atoms with van der Waals surface area (Å²) < 4.78 is 0. The van der Waals surface area contributed by atoms with E-state index in [0.717, 1.165) is 11.6 Å². The Morgan fingerprint density at radius 1 is 1.58 bits per heavy atom. The summed E-state index contributed by atoms with van der Waals surface area (Å²) in [5.41, 5.74) is 5.60. The largest absolute Gasteiger partial charge is 0.321 e. The molecule has 0 radical (unpaired) electrons. The Bertz CT molecular complexity index is 237. The molecule has 1 aromatic heterocycles. The van der Waals surface area contributed by atoms with E-state index in [4.69, 9.17) is 5.73 Å². The van der Waals surface area contributed by atoms with Crippen molar-refractivity contribution in [2.75, 3.05) is 0 Å². The molecule has 0 bridgehead atoms. The first-order valence-electron chi connectivity index (χ1n) is 3.95. The van der Waals surface area contributed by atoms with Crippen molar-refractivity contribution in [1.29, 1.82) is 0 Å². The summed E-state index contributed by atoms with van der Waals surface area (Å²) in [6.07, 6.45) is 2.49. The number of hydrogen-bond donors (Lipinski definition) is 2. The van der Waals surface area contributed by atoms with E-state index >= 15 is 0 Å². The number of nitrogens with one attached hydrogen (secondary N) is 1. The van der Waals surface area contributed by atoms with Gasteiger partial charge in [-0.1, -0.05) is 0 Å².